The van der Waals surface area contributed by atoms with Crippen LogP contribution in [0.25, 0.3) is 0 Å². The zero-order valence-electron chi connectivity index (χ0n) is 10.7. The van der Waals surface area contributed by atoms with Gasteiger partial charge in [0.1, 0.15) is 0 Å². The Hall–Kier alpha value is -1.61. The van der Waals surface area contributed by atoms with Gasteiger partial charge in [0.05, 0.1) is 12.9 Å². The van der Waals surface area contributed by atoms with Gasteiger partial charge in [-0.25, -0.2) is 4.98 Å². The van der Waals surface area contributed by atoms with Crippen LogP contribution in [-0.4, -0.2) is 15.3 Å². The van der Waals surface area contributed by atoms with Gasteiger partial charge in [-0.1, -0.05) is 12.1 Å². The number of carbonyl (C=O) groups excluding carboxylic acids is 1. The van der Waals surface area contributed by atoms with Gasteiger partial charge in [-0.05, 0) is 42.9 Å². The monoisotopic (exact) mass is 276 g/mol. The molecule has 100 valence electrons. The number of imidazole rings is 1. The molecule has 4 heteroatoms. The minimum atomic E-state index is 0. The van der Waals surface area contributed by atoms with E-state index in [0.29, 0.717) is 6.54 Å². The fourth-order valence-corrected chi connectivity index (χ4v) is 2.54. The molecule has 1 aliphatic carbocycles. The summed E-state index contributed by atoms with van der Waals surface area (Å²) in [5, 5.41) is 0. The van der Waals surface area contributed by atoms with E-state index in [1.165, 1.54) is 24.0 Å². The summed E-state index contributed by atoms with van der Waals surface area (Å²) in [6.45, 7) is 0.374. The number of hydrogen-bond acceptors (Lipinski definition) is 2. The molecule has 0 bridgehead atoms. The van der Waals surface area contributed by atoms with E-state index in [4.69, 9.17) is 0 Å². The lowest BCUT2D eigenvalue weighted by Crippen LogP contribution is -2.11. The van der Waals surface area contributed by atoms with Crippen LogP contribution in [-0.2, 0) is 19.4 Å². The van der Waals surface area contributed by atoms with Crippen molar-refractivity contribution < 1.29 is 4.79 Å². The number of halogens is 1. The summed E-state index contributed by atoms with van der Waals surface area (Å²) in [4.78, 5) is 16.1. The summed E-state index contributed by atoms with van der Waals surface area (Å²) < 4.78 is 1.81. The van der Waals surface area contributed by atoms with Crippen molar-refractivity contribution in [3.8, 4) is 0 Å². The van der Waals surface area contributed by atoms with Gasteiger partial charge in [-0.2, -0.15) is 0 Å². The lowest BCUT2D eigenvalue weighted by Gasteiger charge is -2.16. The van der Waals surface area contributed by atoms with Crippen LogP contribution in [0.4, 0.5) is 0 Å². The molecule has 0 aliphatic heterocycles. The fourth-order valence-electron chi connectivity index (χ4n) is 2.54. The molecule has 0 spiro atoms. The van der Waals surface area contributed by atoms with E-state index >= 15 is 0 Å². The largest absolute Gasteiger partial charge is 0.330 e. The third kappa shape index (κ3) is 3.04. The molecule has 2 aromatic rings. The van der Waals surface area contributed by atoms with Gasteiger partial charge in [-0.3, -0.25) is 4.79 Å². The van der Waals surface area contributed by atoms with Gasteiger partial charge < -0.3 is 4.57 Å². The van der Waals surface area contributed by atoms with Crippen LogP contribution in [0.5, 0.6) is 0 Å². The topological polar surface area (TPSA) is 34.9 Å². The molecular weight excluding hydrogens is 260 g/mol. The minimum Gasteiger partial charge on any atom is -0.330 e. The number of rotatable bonds is 3. The van der Waals surface area contributed by atoms with Crippen molar-refractivity contribution in [2.45, 2.75) is 32.2 Å². The lowest BCUT2D eigenvalue weighted by atomic mass is 9.90. The number of hydrogen-bond donors (Lipinski definition) is 0. The third-order valence-corrected chi connectivity index (χ3v) is 3.56. The Bertz CT molecular complexity index is 564. The van der Waals surface area contributed by atoms with E-state index in [9.17, 15) is 4.79 Å². The molecule has 0 unspecified atom stereocenters. The lowest BCUT2D eigenvalue weighted by molar-refractivity contribution is 0.0972. The fraction of sp³-hybridized carbons (Fsp3) is 0.333. The Balaban J connectivity index is 0.00000133. The molecule has 1 aromatic heterocycles. The molecule has 0 saturated carbocycles. The number of aromatic nitrogens is 2. The van der Waals surface area contributed by atoms with E-state index in [-0.39, 0.29) is 18.2 Å². The van der Waals surface area contributed by atoms with Crippen molar-refractivity contribution in [1.82, 2.24) is 9.55 Å². The number of benzene rings is 1. The highest BCUT2D eigenvalue weighted by Crippen LogP contribution is 2.22. The molecule has 3 rings (SSSR count). The average molecular weight is 277 g/mol. The maximum absolute atomic E-state index is 12.1. The second-order valence-electron chi connectivity index (χ2n) is 4.85. The number of fused-ring (bicyclic) bond motifs is 1. The first-order valence-corrected chi connectivity index (χ1v) is 6.44. The first-order valence-electron chi connectivity index (χ1n) is 6.44. The highest BCUT2D eigenvalue weighted by atomic mass is 35.5. The molecule has 0 atom stereocenters. The third-order valence-electron chi connectivity index (χ3n) is 3.56. The van der Waals surface area contributed by atoms with E-state index in [0.717, 1.165) is 18.4 Å². The Kier molecular flexibility index (Phi) is 4.38. The Morgan fingerprint density at radius 1 is 1.21 bits per heavy atom. The first kappa shape index (κ1) is 13.8. The number of aryl methyl sites for hydroxylation is 2. The van der Waals surface area contributed by atoms with Crippen molar-refractivity contribution in [3.05, 3.63) is 53.6 Å². The smallest absolute Gasteiger partial charge is 0.182 e. The van der Waals surface area contributed by atoms with Crippen molar-refractivity contribution in [2.75, 3.05) is 0 Å². The van der Waals surface area contributed by atoms with Gasteiger partial charge in [0, 0.05) is 18.0 Å². The summed E-state index contributed by atoms with van der Waals surface area (Å²) >= 11 is 0. The van der Waals surface area contributed by atoms with Crippen molar-refractivity contribution in [3.63, 3.8) is 0 Å². The standard InChI is InChI=1S/C15H16N2O.ClH/c18-15(10-17-8-7-16-11-17)14-6-5-12-3-1-2-4-13(12)9-14;/h5-9,11H,1-4,10H2;1H. The van der Waals surface area contributed by atoms with E-state index in [1.54, 1.807) is 12.5 Å². The molecule has 0 radical (unpaired) electrons. The Morgan fingerprint density at radius 3 is 2.74 bits per heavy atom. The molecule has 3 nitrogen and oxygen atoms in total. The molecule has 0 fully saturated rings. The average Bonchev–Trinajstić information content (AvgIpc) is 2.91. The number of nitrogens with zero attached hydrogens (tertiary/aromatic N) is 2. The van der Waals surface area contributed by atoms with E-state index < -0.39 is 0 Å². The highest BCUT2D eigenvalue weighted by molar-refractivity contribution is 5.96. The maximum atomic E-state index is 12.1. The zero-order valence-corrected chi connectivity index (χ0v) is 11.5. The number of Topliss-reactive ketones (excluding diaryl/α,β-unsaturated/α-hetero) is 1. The zero-order chi connectivity index (χ0) is 12.4. The second kappa shape index (κ2) is 6.02. The predicted octanol–water partition coefficient (Wildman–Crippen LogP) is 3.07. The maximum Gasteiger partial charge on any atom is 0.182 e. The summed E-state index contributed by atoms with van der Waals surface area (Å²) in [6, 6.07) is 6.16. The van der Waals surface area contributed by atoms with Crippen LogP contribution >= 0.6 is 12.4 Å². The van der Waals surface area contributed by atoms with Crippen molar-refractivity contribution >= 4 is 18.2 Å². The molecule has 1 heterocycles. The minimum absolute atomic E-state index is 0. The molecule has 1 aliphatic rings. The van der Waals surface area contributed by atoms with Gasteiger partial charge in [0.25, 0.3) is 0 Å². The van der Waals surface area contributed by atoms with Gasteiger partial charge in [-0.15, -0.1) is 12.4 Å². The normalized spacial score (nSPS) is 13.5. The van der Waals surface area contributed by atoms with Gasteiger partial charge in [0.15, 0.2) is 5.78 Å². The SMILES string of the molecule is Cl.O=C(Cn1ccnc1)c1ccc2c(c1)CCCC2. The first-order chi connectivity index (χ1) is 8.83. The highest BCUT2D eigenvalue weighted by Gasteiger charge is 2.12. The second-order valence-corrected chi connectivity index (χ2v) is 4.85. The van der Waals surface area contributed by atoms with Gasteiger partial charge >= 0.3 is 0 Å². The van der Waals surface area contributed by atoms with Crippen LogP contribution < -0.4 is 0 Å². The molecule has 0 saturated heterocycles. The van der Waals surface area contributed by atoms with E-state index in [2.05, 4.69) is 17.1 Å². The van der Waals surface area contributed by atoms with Crippen LogP contribution in [0.15, 0.2) is 36.9 Å². The molecule has 0 amide bonds. The molecule has 0 N–H and O–H groups in total. The number of ketones is 1. The molecule has 1 aromatic carbocycles. The summed E-state index contributed by atoms with van der Waals surface area (Å²) in [5.41, 5.74) is 3.60. The number of carbonyl (C=O) groups is 1. The predicted molar refractivity (Wildman–Crippen MR) is 76.9 cm³/mol. The summed E-state index contributed by atoms with van der Waals surface area (Å²) in [6.07, 6.45) is 9.97. The van der Waals surface area contributed by atoms with Crippen molar-refractivity contribution in [2.24, 2.45) is 0 Å². The van der Waals surface area contributed by atoms with Crippen LogP contribution in [0.1, 0.15) is 34.3 Å². The van der Waals surface area contributed by atoms with Gasteiger partial charge in [0.2, 0.25) is 0 Å². The molecule has 19 heavy (non-hydrogen) atoms. The van der Waals surface area contributed by atoms with Crippen LogP contribution in [0, 0.1) is 0 Å². The quantitative estimate of drug-likeness (QED) is 0.808. The van der Waals surface area contributed by atoms with Crippen LogP contribution in [0.2, 0.25) is 0 Å². The molecular formula is C15H17ClN2O. The summed E-state index contributed by atoms with van der Waals surface area (Å²) in [5.74, 6) is 0.154. The summed E-state index contributed by atoms with van der Waals surface area (Å²) in [7, 11) is 0. The Morgan fingerprint density at radius 2 is 2.00 bits per heavy atom. The Labute approximate surface area is 119 Å². The van der Waals surface area contributed by atoms with Crippen molar-refractivity contribution in [1.29, 1.82) is 0 Å². The van der Waals surface area contributed by atoms with E-state index in [1.807, 2.05) is 16.8 Å². The van der Waals surface area contributed by atoms with Crippen LogP contribution in [0.3, 0.4) is 0 Å².